The van der Waals surface area contributed by atoms with Gasteiger partial charge in [0.05, 0.1) is 0 Å². The van der Waals surface area contributed by atoms with Crippen molar-refractivity contribution in [1.82, 2.24) is 9.55 Å². The third kappa shape index (κ3) is 4.15. The van der Waals surface area contributed by atoms with Gasteiger partial charge in [-0.05, 0) is 41.8 Å². The van der Waals surface area contributed by atoms with Crippen LogP contribution >= 0.6 is 0 Å². The number of carbonyl (C=O) groups excluding carboxylic acids is 1. The molecule has 4 heteroatoms. The number of aryl methyl sites for hydroxylation is 1. The largest absolute Gasteiger partial charge is 0.460 e. The van der Waals surface area contributed by atoms with E-state index >= 15 is 0 Å². The van der Waals surface area contributed by atoms with Gasteiger partial charge in [-0.3, -0.25) is 4.79 Å². The van der Waals surface area contributed by atoms with Crippen molar-refractivity contribution in [3.05, 3.63) is 132 Å². The van der Waals surface area contributed by atoms with Crippen LogP contribution in [0.3, 0.4) is 0 Å². The first-order valence-electron chi connectivity index (χ1n) is 11.0. The fourth-order valence-corrected chi connectivity index (χ4v) is 4.29. The van der Waals surface area contributed by atoms with Crippen LogP contribution in [0.25, 0.3) is 16.7 Å². The van der Waals surface area contributed by atoms with Gasteiger partial charge in [0.25, 0.3) is 0 Å². The van der Waals surface area contributed by atoms with Gasteiger partial charge in [-0.15, -0.1) is 0 Å². The van der Waals surface area contributed by atoms with Crippen molar-refractivity contribution in [1.29, 1.82) is 0 Å². The molecule has 0 unspecified atom stereocenters. The minimum Gasteiger partial charge on any atom is -0.460 e. The van der Waals surface area contributed by atoms with Crippen LogP contribution in [0.15, 0.2) is 109 Å². The second kappa shape index (κ2) is 9.13. The van der Waals surface area contributed by atoms with Gasteiger partial charge in [0.15, 0.2) is 0 Å². The smallest absolute Gasteiger partial charge is 0.318 e. The lowest BCUT2D eigenvalue weighted by molar-refractivity contribution is -0.145. The van der Waals surface area contributed by atoms with Crippen LogP contribution in [0, 0.1) is 6.92 Å². The molecule has 0 amide bonds. The van der Waals surface area contributed by atoms with Crippen molar-refractivity contribution in [2.24, 2.45) is 0 Å². The van der Waals surface area contributed by atoms with E-state index in [9.17, 15) is 4.79 Å². The van der Waals surface area contributed by atoms with Gasteiger partial charge in [-0.1, -0.05) is 78.9 Å². The van der Waals surface area contributed by atoms with Crippen LogP contribution in [0.2, 0.25) is 0 Å². The van der Waals surface area contributed by atoms with E-state index in [-0.39, 0.29) is 12.6 Å². The van der Waals surface area contributed by atoms with Crippen molar-refractivity contribution in [3.63, 3.8) is 0 Å². The second-order valence-electron chi connectivity index (χ2n) is 8.05. The maximum Gasteiger partial charge on any atom is 0.318 e. The molecule has 0 saturated heterocycles. The first-order valence-corrected chi connectivity index (χ1v) is 11.0. The maximum absolute atomic E-state index is 13.4. The van der Waals surface area contributed by atoms with Gasteiger partial charge >= 0.3 is 5.97 Å². The fourth-order valence-electron chi connectivity index (χ4n) is 4.29. The quantitative estimate of drug-likeness (QED) is 0.300. The number of aromatic nitrogens is 2. The number of ether oxygens (including phenoxy) is 1. The number of pyridine rings is 1. The Labute approximate surface area is 193 Å². The molecule has 0 radical (unpaired) electrons. The van der Waals surface area contributed by atoms with Crippen LogP contribution in [0.4, 0.5) is 0 Å². The average Bonchev–Trinajstić information content (AvgIpc) is 3.25. The Kier molecular flexibility index (Phi) is 5.73. The lowest BCUT2D eigenvalue weighted by Gasteiger charge is -2.17. The Balaban J connectivity index is 1.48. The first-order chi connectivity index (χ1) is 16.2. The molecule has 0 fully saturated rings. The van der Waals surface area contributed by atoms with Crippen molar-refractivity contribution >= 4 is 17.0 Å². The third-order valence-electron chi connectivity index (χ3n) is 5.88. The second-order valence-corrected chi connectivity index (χ2v) is 8.05. The number of nitrogens with zero attached hydrogens (tertiary/aromatic N) is 2. The number of benzene rings is 3. The highest BCUT2D eigenvalue weighted by molar-refractivity contribution is 5.86. The van der Waals surface area contributed by atoms with Crippen molar-refractivity contribution in [2.75, 3.05) is 0 Å². The highest BCUT2D eigenvalue weighted by atomic mass is 16.5. The van der Waals surface area contributed by atoms with Crippen LogP contribution in [-0.2, 0) is 16.1 Å². The molecule has 0 N–H and O–H groups in total. The number of hydrogen-bond donors (Lipinski definition) is 0. The molecule has 4 nitrogen and oxygen atoms in total. The van der Waals surface area contributed by atoms with Crippen LogP contribution in [0.5, 0.6) is 0 Å². The molecule has 5 rings (SSSR count). The summed E-state index contributed by atoms with van der Waals surface area (Å²) in [5.41, 5.74) is 5.74. The van der Waals surface area contributed by atoms with Gasteiger partial charge in [0.1, 0.15) is 18.2 Å². The first kappa shape index (κ1) is 20.7. The van der Waals surface area contributed by atoms with Crippen LogP contribution in [0.1, 0.15) is 28.2 Å². The van der Waals surface area contributed by atoms with E-state index in [0.29, 0.717) is 0 Å². The Morgan fingerprint density at radius 1 is 0.848 bits per heavy atom. The highest BCUT2D eigenvalue weighted by Gasteiger charge is 2.25. The van der Waals surface area contributed by atoms with E-state index in [2.05, 4.69) is 16.5 Å². The summed E-state index contributed by atoms with van der Waals surface area (Å²) in [6.07, 6.45) is 3.83. The zero-order valence-electron chi connectivity index (χ0n) is 18.4. The lowest BCUT2D eigenvalue weighted by Crippen LogP contribution is -2.17. The molecule has 162 valence electrons. The summed E-state index contributed by atoms with van der Waals surface area (Å²) in [5.74, 6) is -0.747. The molecule has 0 spiro atoms. The fraction of sp³-hybridized carbons (Fsp3) is 0.103. The van der Waals surface area contributed by atoms with Crippen LogP contribution < -0.4 is 0 Å². The predicted octanol–water partition coefficient (Wildman–Crippen LogP) is 6.21. The number of carbonyl (C=O) groups is 1. The standard InChI is InChI=1S/C29H24N2O2/c1-21-17-18-30-28-26(21)24(19-31(28)25-15-9-4-10-16-25)20-33-29(32)27(22-11-5-2-6-12-22)23-13-7-3-8-14-23/h2-19,27H,20H2,1H3. The third-order valence-corrected chi connectivity index (χ3v) is 5.88. The lowest BCUT2D eigenvalue weighted by atomic mass is 9.91. The van der Waals surface area contributed by atoms with Gasteiger partial charge in [0, 0.05) is 29.0 Å². The molecule has 0 aliphatic carbocycles. The molecule has 0 atom stereocenters. The van der Waals surface area contributed by atoms with Crippen LogP contribution in [-0.4, -0.2) is 15.5 Å². The van der Waals surface area contributed by atoms with E-state index in [0.717, 1.165) is 39.0 Å². The molecule has 0 bridgehead atoms. The number of esters is 1. The summed E-state index contributed by atoms with van der Waals surface area (Å²) in [6.45, 7) is 2.24. The monoisotopic (exact) mass is 432 g/mol. The molecule has 0 saturated carbocycles. The van der Waals surface area contributed by atoms with Gasteiger partial charge in [0.2, 0.25) is 0 Å². The predicted molar refractivity (Wildman–Crippen MR) is 130 cm³/mol. The van der Waals surface area contributed by atoms with Crippen molar-refractivity contribution in [3.8, 4) is 5.69 Å². The molecule has 3 aromatic carbocycles. The Morgan fingerprint density at radius 2 is 1.42 bits per heavy atom. The van der Waals surface area contributed by atoms with E-state index < -0.39 is 5.92 Å². The summed E-state index contributed by atoms with van der Waals surface area (Å²) in [5, 5.41) is 1.02. The molecule has 0 aliphatic heterocycles. The summed E-state index contributed by atoms with van der Waals surface area (Å²) < 4.78 is 7.98. The summed E-state index contributed by atoms with van der Waals surface area (Å²) >= 11 is 0. The minimum absolute atomic E-state index is 0.178. The zero-order chi connectivity index (χ0) is 22.6. The molecule has 33 heavy (non-hydrogen) atoms. The summed E-state index contributed by atoms with van der Waals surface area (Å²) in [6, 6.07) is 31.6. The Hall–Kier alpha value is -4.18. The molecule has 0 aliphatic rings. The normalized spacial score (nSPS) is 11.1. The van der Waals surface area contributed by atoms with Gasteiger partial charge in [-0.2, -0.15) is 0 Å². The van der Waals surface area contributed by atoms with E-state index in [4.69, 9.17) is 4.74 Å². The topological polar surface area (TPSA) is 44.1 Å². The van der Waals surface area contributed by atoms with E-state index in [1.54, 1.807) is 0 Å². The summed E-state index contributed by atoms with van der Waals surface area (Å²) in [4.78, 5) is 18.0. The van der Waals surface area contributed by atoms with Gasteiger partial charge in [-0.25, -0.2) is 4.98 Å². The SMILES string of the molecule is Cc1ccnc2c1c(COC(=O)C(c1ccccc1)c1ccccc1)cn2-c1ccccc1. The van der Waals surface area contributed by atoms with Crippen molar-refractivity contribution < 1.29 is 9.53 Å². The maximum atomic E-state index is 13.4. The van der Waals surface area contributed by atoms with E-state index in [1.165, 1.54) is 0 Å². The number of hydrogen-bond acceptors (Lipinski definition) is 3. The zero-order valence-corrected chi connectivity index (χ0v) is 18.4. The average molecular weight is 433 g/mol. The number of fused-ring (bicyclic) bond motifs is 1. The Morgan fingerprint density at radius 3 is 2.03 bits per heavy atom. The molecular weight excluding hydrogens is 408 g/mol. The molecule has 2 aromatic heterocycles. The molecule has 5 aromatic rings. The van der Waals surface area contributed by atoms with Gasteiger partial charge < -0.3 is 9.30 Å². The van der Waals surface area contributed by atoms with Crippen molar-refractivity contribution in [2.45, 2.75) is 19.4 Å². The molecular formula is C29H24N2O2. The van der Waals surface area contributed by atoms with E-state index in [1.807, 2.05) is 109 Å². The number of para-hydroxylation sites is 1. The summed E-state index contributed by atoms with van der Waals surface area (Å²) in [7, 11) is 0. The Bertz CT molecular complexity index is 1340. The minimum atomic E-state index is -0.478. The molecule has 2 heterocycles. The highest BCUT2D eigenvalue weighted by Crippen LogP contribution is 2.29. The number of rotatable bonds is 6.